The van der Waals surface area contributed by atoms with Gasteiger partial charge in [-0.3, -0.25) is 9.48 Å². The van der Waals surface area contributed by atoms with Crippen LogP contribution < -0.4 is 5.32 Å². The predicted molar refractivity (Wildman–Crippen MR) is 90.5 cm³/mol. The fourth-order valence-corrected chi connectivity index (χ4v) is 3.52. The average molecular weight is 416 g/mol. The van der Waals surface area contributed by atoms with Gasteiger partial charge in [0, 0.05) is 26.9 Å². The molecule has 3 rings (SSSR count). The molecule has 6 heteroatoms. The molecule has 2 aromatic rings. The molecule has 1 N–H and O–H groups in total. The molecule has 4 nitrogen and oxygen atoms in total. The van der Waals surface area contributed by atoms with E-state index >= 15 is 0 Å². The Morgan fingerprint density at radius 3 is 3.14 bits per heavy atom. The lowest BCUT2D eigenvalue weighted by molar-refractivity contribution is 0.0931. The zero-order chi connectivity index (χ0) is 15.0. The van der Waals surface area contributed by atoms with E-state index in [0.717, 1.165) is 28.4 Å². The molecule has 0 radical (unpaired) electrons. The Bertz CT molecular complexity index is 698. The summed E-state index contributed by atoms with van der Waals surface area (Å²) in [7, 11) is 1.95. The molecule has 0 saturated heterocycles. The summed E-state index contributed by atoms with van der Waals surface area (Å²) in [5.74, 6) is -0.0800. The van der Waals surface area contributed by atoms with Crippen molar-refractivity contribution in [2.75, 3.05) is 0 Å². The Hall–Kier alpha value is -1.08. The second kappa shape index (κ2) is 5.96. The van der Waals surface area contributed by atoms with Gasteiger partial charge in [0.2, 0.25) is 0 Å². The lowest BCUT2D eigenvalue weighted by Gasteiger charge is -2.24. The van der Waals surface area contributed by atoms with Crippen LogP contribution in [-0.4, -0.2) is 15.7 Å². The highest BCUT2D eigenvalue weighted by molar-refractivity contribution is 14.1. The Balaban J connectivity index is 1.84. The lowest BCUT2D eigenvalue weighted by Crippen LogP contribution is -2.31. The van der Waals surface area contributed by atoms with Crippen LogP contribution in [0.15, 0.2) is 24.4 Å². The van der Waals surface area contributed by atoms with Gasteiger partial charge in [0.25, 0.3) is 5.91 Å². The van der Waals surface area contributed by atoms with Crippen molar-refractivity contribution in [1.29, 1.82) is 0 Å². The molecule has 1 atom stereocenters. The average Bonchev–Trinajstić information content (AvgIpc) is 2.84. The minimum atomic E-state index is -0.0800. The third-order valence-electron chi connectivity index (χ3n) is 3.85. The summed E-state index contributed by atoms with van der Waals surface area (Å²) in [6, 6.07) is 5.39. The smallest absolute Gasteiger partial charge is 0.252 e. The summed E-state index contributed by atoms with van der Waals surface area (Å²) in [6.45, 7) is 0. The number of halogens is 2. The van der Waals surface area contributed by atoms with Crippen molar-refractivity contribution in [3.8, 4) is 0 Å². The number of rotatable bonds is 2. The zero-order valence-electron chi connectivity index (χ0n) is 11.6. The second-order valence-corrected chi connectivity index (χ2v) is 6.81. The maximum Gasteiger partial charge on any atom is 0.252 e. The van der Waals surface area contributed by atoms with Crippen LogP contribution >= 0.6 is 34.2 Å². The highest BCUT2D eigenvalue weighted by Gasteiger charge is 2.25. The molecule has 0 aliphatic heterocycles. The first-order valence-corrected chi connectivity index (χ1v) is 8.28. The number of fused-ring (bicyclic) bond motifs is 1. The van der Waals surface area contributed by atoms with Crippen molar-refractivity contribution >= 4 is 40.1 Å². The number of amides is 1. The van der Waals surface area contributed by atoms with Gasteiger partial charge in [-0.2, -0.15) is 5.10 Å². The number of nitrogens with one attached hydrogen (secondary N) is 1. The molecule has 0 fully saturated rings. The number of benzene rings is 1. The predicted octanol–water partition coefficient (Wildman–Crippen LogP) is 3.49. The Morgan fingerprint density at radius 2 is 2.33 bits per heavy atom. The van der Waals surface area contributed by atoms with Crippen LogP contribution in [0.5, 0.6) is 0 Å². The van der Waals surface area contributed by atoms with Gasteiger partial charge in [0.1, 0.15) is 0 Å². The molecule has 1 amide bonds. The van der Waals surface area contributed by atoms with Gasteiger partial charge >= 0.3 is 0 Å². The largest absolute Gasteiger partial charge is 0.345 e. The number of carbonyl (C=O) groups excluding carboxylic acids is 1. The van der Waals surface area contributed by atoms with E-state index in [1.165, 1.54) is 5.69 Å². The van der Waals surface area contributed by atoms with Gasteiger partial charge < -0.3 is 5.32 Å². The molecule has 110 valence electrons. The topological polar surface area (TPSA) is 46.9 Å². The maximum absolute atomic E-state index is 12.5. The van der Waals surface area contributed by atoms with Gasteiger partial charge in [-0.05, 0) is 60.1 Å². The molecule has 0 spiro atoms. The Labute approximate surface area is 142 Å². The van der Waals surface area contributed by atoms with Gasteiger partial charge in [0.15, 0.2) is 0 Å². The van der Waals surface area contributed by atoms with E-state index < -0.39 is 0 Å². The molecular formula is C15H15ClIN3O. The van der Waals surface area contributed by atoms with E-state index in [2.05, 4.69) is 33.0 Å². The quantitative estimate of drug-likeness (QED) is 0.763. The fourth-order valence-electron chi connectivity index (χ4n) is 2.76. The standard InChI is InChI=1S/C15H15ClIN3O/c1-20-14-4-2-3-13(11(14)8-18-20)19-15(21)10-7-9(16)5-6-12(10)17/h5-8,13H,2-4H2,1H3,(H,19,21). The van der Waals surface area contributed by atoms with Crippen molar-refractivity contribution in [2.45, 2.75) is 25.3 Å². The lowest BCUT2D eigenvalue weighted by atomic mass is 9.93. The summed E-state index contributed by atoms with van der Waals surface area (Å²) in [5.41, 5.74) is 2.97. The minimum Gasteiger partial charge on any atom is -0.345 e. The van der Waals surface area contributed by atoms with Gasteiger partial charge in [-0.1, -0.05) is 11.6 Å². The fraction of sp³-hybridized carbons (Fsp3) is 0.333. The molecule has 1 aliphatic rings. The van der Waals surface area contributed by atoms with Gasteiger partial charge in [-0.25, -0.2) is 0 Å². The van der Waals surface area contributed by atoms with E-state index in [0.29, 0.717) is 10.6 Å². The zero-order valence-corrected chi connectivity index (χ0v) is 14.5. The molecule has 1 aromatic heterocycles. The molecule has 0 saturated carbocycles. The Kier molecular flexibility index (Phi) is 4.21. The van der Waals surface area contributed by atoms with Gasteiger partial charge in [-0.15, -0.1) is 0 Å². The van der Waals surface area contributed by atoms with Crippen LogP contribution in [0, 0.1) is 3.57 Å². The molecule has 21 heavy (non-hydrogen) atoms. The third kappa shape index (κ3) is 2.94. The van der Waals surface area contributed by atoms with Crippen molar-refractivity contribution in [2.24, 2.45) is 7.05 Å². The van der Waals surface area contributed by atoms with Crippen molar-refractivity contribution in [3.05, 3.63) is 49.8 Å². The summed E-state index contributed by atoms with van der Waals surface area (Å²) in [6.07, 6.45) is 4.89. The number of carbonyl (C=O) groups is 1. The first-order valence-electron chi connectivity index (χ1n) is 6.83. The molecule has 1 aliphatic carbocycles. The number of nitrogens with zero attached hydrogens (tertiary/aromatic N) is 2. The summed E-state index contributed by atoms with van der Waals surface area (Å²) >= 11 is 8.15. The molecule has 1 aromatic carbocycles. The van der Waals surface area contributed by atoms with Crippen LogP contribution in [0.4, 0.5) is 0 Å². The Morgan fingerprint density at radius 1 is 1.52 bits per heavy atom. The molecule has 0 bridgehead atoms. The number of hydrogen-bond acceptors (Lipinski definition) is 2. The number of aromatic nitrogens is 2. The normalized spacial score (nSPS) is 17.4. The first-order chi connectivity index (χ1) is 10.1. The van der Waals surface area contributed by atoms with Crippen molar-refractivity contribution in [1.82, 2.24) is 15.1 Å². The SMILES string of the molecule is Cn1ncc2c1CCCC2NC(=O)c1cc(Cl)ccc1I. The van der Waals surface area contributed by atoms with E-state index in [4.69, 9.17) is 11.6 Å². The third-order valence-corrected chi connectivity index (χ3v) is 5.03. The van der Waals surface area contributed by atoms with Crippen LogP contribution in [0.3, 0.4) is 0 Å². The second-order valence-electron chi connectivity index (χ2n) is 5.21. The van der Waals surface area contributed by atoms with Crippen molar-refractivity contribution in [3.63, 3.8) is 0 Å². The molecular weight excluding hydrogens is 401 g/mol. The van der Waals surface area contributed by atoms with Crippen LogP contribution in [0.25, 0.3) is 0 Å². The first kappa shape index (κ1) is 14.8. The van der Waals surface area contributed by atoms with Crippen LogP contribution in [0.1, 0.15) is 40.5 Å². The van der Waals surface area contributed by atoms with Gasteiger partial charge in [0.05, 0.1) is 17.8 Å². The van der Waals surface area contributed by atoms with E-state index in [1.54, 1.807) is 12.1 Å². The van der Waals surface area contributed by atoms with Crippen LogP contribution in [0.2, 0.25) is 5.02 Å². The van der Waals surface area contributed by atoms with Crippen LogP contribution in [-0.2, 0) is 13.5 Å². The van der Waals surface area contributed by atoms with E-state index in [-0.39, 0.29) is 11.9 Å². The summed E-state index contributed by atoms with van der Waals surface area (Å²) in [5, 5.41) is 8.00. The minimum absolute atomic E-state index is 0.0322. The maximum atomic E-state index is 12.5. The van der Waals surface area contributed by atoms with E-state index in [1.807, 2.05) is 24.0 Å². The highest BCUT2D eigenvalue weighted by atomic mass is 127. The summed E-state index contributed by atoms with van der Waals surface area (Å²) in [4.78, 5) is 12.5. The number of aryl methyl sites for hydroxylation is 1. The van der Waals surface area contributed by atoms with E-state index in [9.17, 15) is 4.79 Å². The summed E-state index contributed by atoms with van der Waals surface area (Å²) < 4.78 is 2.80. The molecule has 1 unspecified atom stereocenters. The monoisotopic (exact) mass is 415 g/mol. The number of hydrogen-bond donors (Lipinski definition) is 1. The van der Waals surface area contributed by atoms with Crippen molar-refractivity contribution < 1.29 is 4.79 Å². The molecule has 1 heterocycles. The highest BCUT2D eigenvalue weighted by Crippen LogP contribution is 2.29.